The first kappa shape index (κ1) is 42.9. The number of hydrogen-bond acceptors (Lipinski definition) is 13. The summed E-state index contributed by atoms with van der Waals surface area (Å²) in [4.78, 5) is 52.5. The molecule has 0 bridgehead atoms. The van der Waals surface area contributed by atoms with Crippen molar-refractivity contribution in [2.24, 2.45) is 23.1 Å². The zero-order chi connectivity index (χ0) is 43.5. The number of hydrogen-bond donors (Lipinski definition) is 3. The molecule has 5 aromatic rings. The lowest BCUT2D eigenvalue weighted by atomic mass is 9.94. The van der Waals surface area contributed by atoms with Gasteiger partial charge in [0.25, 0.3) is 0 Å². The minimum Gasteiger partial charge on any atom is -0.485 e. The molecular formula is C43H54FN13O4S. The average Bonchev–Trinajstić information content (AvgIpc) is 3.98. The predicted molar refractivity (Wildman–Crippen MR) is 238 cm³/mol. The highest BCUT2D eigenvalue weighted by molar-refractivity contribution is 7.97. The largest absolute Gasteiger partial charge is 0.485 e. The molecule has 3 N–H and O–H groups in total. The van der Waals surface area contributed by atoms with Gasteiger partial charge in [-0.05, 0) is 87.7 Å². The van der Waals surface area contributed by atoms with Gasteiger partial charge in [0.2, 0.25) is 5.91 Å². The molecule has 2 aromatic carbocycles. The fourth-order valence-corrected chi connectivity index (χ4v) is 10.1. The first-order valence-corrected chi connectivity index (χ1v) is 21.9. The number of benzene rings is 2. The van der Waals surface area contributed by atoms with Crippen LogP contribution < -0.4 is 31.4 Å². The molecule has 328 valence electrons. The van der Waals surface area contributed by atoms with Crippen LogP contribution in [0, 0.1) is 11.7 Å². The number of H-pyrrole nitrogens is 1. The SMILES string of the molecule is C=Nn1cnc(-c2cn[nH]c2)c(OC(C)C)/c1=N/CNc1ccc(SN2CC3C2CCN3CC2CCN(c3cccc4c3n(C)c(=O)n4C(C=O)CCC(=O)NC)CC2)cc1F. The molecule has 3 aliphatic heterocycles. The summed E-state index contributed by atoms with van der Waals surface area (Å²) >= 11 is 1.61. The minimum atomic E-state index is -0.724. The van der Waals surface area contributed by atoms with Crippen LogP contribution in [0.3, 0.4) is 0 Å². The zero-order valence-corrected chi connectivity index (χ0v) is 36.4. The maximum atomic E-state index is 15.5. The summed E-state index contributed by atoms with van der Waals surface area (Å²) in [6, 6.07) is 11.3. The molecule has 1 amide bonds. The summed E-state index contributed by atoms with van der Waals surface area (Å²) in [6.45, 7) is 12.3. The molecule has 0 aliphatic carbocycles. The number of aldehydes is 1. The number of imidazole rings is 1. The molecule has 8 rings (SSSR count). The second-order valence-corrected chi connectivity index (χ2v) is 17.5. The molecule has 17 nitrogen and oxygen atoms in total. The number of halogens is 1. The third-order valence-corrected chi connectivity index (χ3v) is 13.3. The quantitative estimate of drug-likeness (QED) is 0.0693. The molecule has 0 saturated carbocycles. The second-order valence-electron chi connectivity index (χ2n) is 16.3. The summed E-state index contributed by atoms with van der Waals surface area (Å²) in [7, 11) is 3.31. The normalized spacial score (nSPS) is 19.1. The number of likely N-dealkylation sites (tertiary alicyclic amines) is 1. The minimum absolute atomic E-state index is 0.0591. The third kappa shape index (κ3) is 8.65. The van der Waals surface area contributed by atoms with Crippen LogP contribution in [-0.4, -0.2) is 122 Å². The number of fused-ring (bicyclic) bond motifs is 2. The molecule has 3 aliphatic rings. The molecule has 3 aromatic heterocycles. The molecule has 6 heterocycles. The lowest BCUT2D eigenvalue weighted by Gasteiger charge is -2.47. The Morgan fingerprint density at radius 1 is 1.16 bits per heavy atom. The topological polar surface area (TPSA) is 175 Å². The van der Waals surface area contributed by atoms with E-state index < -0.39 is 6.04 Å². The highest BCUT2D eigenvalue weighted by Crippen LogP contribution is 2.42. The van der Waals surface area contributed by atoms with E-state index in [1.807, 2.05) is 32.0 Å². The van der Waals surface area contributed by atoms with Crippen molar-refractivity contribution in [2.75, 3.05) is 56.7 Å². The Labute approximate surface area is 363 Å². The van der Waals surface area contributed by atoms with Gasteiger partial charge in [0, 0.05) is 88.7 Å². The Hall–Kier alpha value is -5.79. The van der Waals surface area contributed by atoms with E-state index in [9.17, 15) is 14.4 Å². The van der Waals surface area contributed by atoms with Gasteiger partial charge in [0.1, 0.15) is 30.8 Å². The van der Waals surface area contributed by atoms with E-state index in [4.69, 9.17) is 4.74 Å². The number of carbonyl (C=O) groups excluding carboxylic acids is 2. The predicted octanol–water partition coefficient (Wildman–Crippen LogP) is 4.24. The molecule has 3 unspecified atom stereocenters. The van der Waals surface area contributed by atoms with Crippen molar-refractivity contribution in [3.8, 4) is 17.0 Å². The molecule has 19 heteroatoms. The number of aromatic amines is 1. The summed E-state index contributed by atoms with van der Waals surface area (Å²) in [5, 5.41) is 16.5. The van der Waals surface area contributed by atoms with Crippen LogP contribution >= 0.6 is 11.9 Å². The number of amides is 1. The van der Waals surface area contributed by atoms with Crippen LogP contribution in [0.5, 0.6) is 5.75 Å². The van der Waals surface area contributed by atoms with Crippen molar-refractivity contribution in [3.63, 3.8) is 0 Å². The first-order chi connectivity index (χ1) is 30.1. The van der Waals surface area contributed by atoms with Gasteiger partial charge in [-0.2, -0.15) is 10.2 Å². The number of aromatic nitrogens is 6. The fourth-order valence-electron chi connectivity index (χ4n) is 8.97. The van der Waals surface area contributed by atoms with Gasteiger partial charge < -0.3 is 25.1 Å². The number of piperidine rings is 1. The highest BCUT2D eigenvalue weighted by Gasteiger charge is 2.47. The van der Waals surface area contributed by atoms with Crippen LogP contribution in [0.1, 0.15) is 52.0 Å². The van der Waals surface area contributed by atoms with Crippen molar-refractivity contribution in [1.29, 1.82) is 0 Å². The van der Waals surface area contributed by atoms with E-state index in [0.717, 1.165) is 79.9 Å². The van der Waals surface area contributed by atoms with E-state index in [-0.39, 0.29) is 43.0 Å². The van der Waals surface area contributed by atoms with Crippen molar-refractivity contribution in [2.45, 2.75) is 75.1 Å². The Morgan fingerprint density at radius 2 is 1.98 bits per heavy atom. The molecule has 3 atom stereocenters. The fraction of sp³-hybridized carbons (Fsp3) is 0.465. The van der Waals surface area contributed by atoms with Crippen molar-refractivity contribution in [1.82, 2.24) is 43.5 Å². The van der Waals surface area contributed by atoms with Crippen molar-refractivity contribution in [3.05, 3.63) is 76.9 Å². The van der Waals surface area contributed by atoms with Crippen LogP contribution in [0.25, 0.3) is 22.3 Å². The monoisotopic (exact) mass is 867 g/mol. The lowest BCUT2D eigenvalue weighted by Crippen LogP contribution is -2.59. The van der Waals surface area contributed by atoms with Crippen LogP contribution in [0.4, 0.5) is 15.8 Å². The molecule has 62 heavy (non-hydrogen) atoms. The number of para-hydroxylation sites is 1. The summed E-state index contributed by atoms with van der Waals surface area (Å²) < 4.78 is 28.6. The van der Waals surface area contributed by atoms with Gasteiger partial charge in [-0.15, -0.1) is 0 Å². The number of rotatable bonds is 17. The number of nitrogens with one attached hydrogen (secondary N) is 3. The second kappa shape index (κ2) is 18.7. The number of anilines is 2. The van der Waals surface area contributed by atoms with Crippen molar-refractivity contribution >= 4 is 53.3 Å². The number of ether oxygens (including phenoxy) is 1. The van der Waals surface area contributed by atoms with E-state index in [1.165, 1.54) is 15.6 Å². The average molecular weight is 868 g/mol. The van der Waals surface area contributed by atoms with E-state index in [1.54, 1.807) is 55.1 Å². The number of nitrogens with zero attached hydrogens (tertiary/aromatic N) is 10. The van der Waals surface area contributed by atoms with E-state index >= 15 is 4.39 Å². The first-order valence-electron chi connectivity index (χ1n) is 21.2. The standard InChI is InChI=1S/C43H54FN13O4S/c1-27(2)61-41-39(29-20-50-51-21-29)49-26-55(46-4)42(41)48-25-47-33-11-10-31(19-32(33)44)62-56-23-37-34(56)15-18-54(37)22-28-13-16-53(17-14-28)35-7-6-8-36-40(35)52(5)43(60)57(36)30(24-58)9-12-38(59)45-3/h6-8,10-11,19-21,24,26-28,30,34,37,47H,4,9,12-18,22-23,25H2,1-3,5H3,(H,45,59)(H,50,51)/b48-42-. The van der Waals surface area contributed by atoms with Gasteiger partial charge in [-0.3, -0.25) is 23.9 Å². The van der Waals surface area contributed by atoms with E-state index in [0.29, 0.717) is 46.1 Å². The zero-order valence-electron chi connectivity index (χ0n) is 35.5. The number of aryl methyl sites for hydroxylation is 1. The van der Waals surface area contributed by atoms with Crippen LogP contribution in [-0.2, 0) is 16.6 Å². The Balaban J connectivity index is 0.846. The highest BCUT2D eigenvalue weighted by atomic mass is 32.2. The smallest absolute Gasteiger partial charge is 0.329 e. The lowest BCUT2D eigenvalue weighted by molar-refractivity contribution is -0.121. The summed E-state index contributed by atoms with van der Waals surface area (Å²) in [5.74, 6) is 0.460. The van der Waals surface area contributed by atoms with Gasteiger partial charge in [-0.25, -0.2) is 28.1 Å². The Kier molecular flexibility index (Phi) is 12.9. The maximum Gasteiger partial charge on any atom is 0.329 e. The molecule has 3 fully saturated rings. The number of carbonyl (C=O) groups is 2. The van der Waals surface area contributed by atoms with Crippen molar-refractivity contribution < 1.29 is 18.7 Å². The van der Waals surface area contributed by atoms with Crippen LogP contribution in [0.15, 0.2) is 74.9 Å². The van der Waals surface area contributed by atoms with E-state index in [2.05, 4.69) is 62.8 Å². The molecule has 0 spiro atoms. The Bertz CT molecular complexity index is 2550. The molecule has 3 saturated heterocycles. The van der Waals surface area contributed by atoms with Crippen LogP contribution in [0.2, 0.25) is 0 Å². The molecular weight excluding hydrogens is 814 g/mol. The summed E-state index contributed by atoms with van der Waals surface area (Å²) in [5.41, 5.74) is 4.26. The Morgan fingerprint density at radius 3 is 2.69 bits per heavy atom. The maximum absolute atomic E-state index is 15.5. The third-order valence-electron chi connectivity index (χ3n) is 12.2. The van der Waals surface area contributed by atoms with Gasteiger partial charge in [0.15, 0.2) is 11.2 Å². The molecule has 0 radical (unpaired) electrons. The summed E-state index contributed by atoms with van der Waals surface area (Å²) in [6.07, 6.45) is 9.05. The van der Waals surface area contributed by atoms with Gasteiger partial charge in [0.05, 0.1) is 40.8 Å². The van der Waals surface area contributed by atoms with Gasteiger partial charge >= 0.3 is 5.69 Å². The van der Waals surface area contributed by atoms with Gasteiger partial charge in [-0.1, -0.05) is 6.07 Å².